The SMILES string of the molecule is CC[C@H]([C@H](O)c1ccc(Cl)cc1)n1ncn(-c2ccc(N3CCN(c4cc(C)cc(C)n4)CC3)nc2)c1=O. The largest absolute Gasteiger partial charge is 0.386 e. The van der Waals surface area contributed by atoms with Gasteiger partial charge in [-0.2, -0.15) is 5.10 Å². The number of aryl methyl sites for hydroxylation is 2. The van der Waals surface area contributed by atoms with Crippen LogP contribution in [0.4, 0.5) is 11.6 Å². The lowest BCUT2D eigenvalue weighted by atomic mass is 10.0. The summed E-state index contributed by atoms with van der Waals surface area (Å²) in [5.74, 6) is 1.89. The number of rotatable bonds is 7. The standard InChI is InChI=1S/C28H32ClN7O2/c1-4-24(27(37)21-5-7-22(29)8-6-21)36-28(38)35(18-31-36)23-9-10-25(30-17-23)33-11-13-34(14-12-33)26-16-19(2)15-20(3)32-26/h5-10,15-18,24,27,37H,4,11-14H2,1-3H3/t24-,27-/m1/s1. The monoisotopic (exact) mass is 533 g/mol. The number of aliphatic hydroxyl groups is 1. The van der Waals surface area contributed by atoms with Crippen molar-refractivity contribution in [1.29, 1.82) is 0 Å². The van der Waals surface area contributed by atoms with Gasteiger partial charge in [0.25, 0.3) is 0 Å². The topological polar surface area (TPSA) is 92.3 Å². The molecule has 4 heterocycles. The predicted octanol–water partition coefficient (Wildman–Crippen LogP) is 4.11. The molecule has 0 amide bonds. The molecule has 38 heavy (non-hydrogen) atoms. The van der Waals surface area contributed by atoms with Gasteiger partial charge in [-0.05, 0) is 67.8 Å². The third-order valence-electron chi connectivity index (χ3n) is 7.02. The summed E-state index contributed by atoms with van der Waals surface area (Å²) < 4.78 is 2.80. The van der Waals surface area contributed by atoms with E-state index in [2.05, 4.69) is 38.9 Å². The third-order valence-corrected chi connectivity index (χ3v) is 7.28. The van der Waals surface area contributed by atoms with Crippen molar-refractivity contribution in [2.24, 2.45) is 0 Å². The van der Waals surface area contributed by atoms with Crippen LogP contribution in [0.1, 0.15) is 42.3 Å². The van der Waals surface area contributed by atoms with E-state index in [1.165, 1.54) is 21.1 Å². The minimum atomic E-state index is -0.892. The molecule has 2 atom stereocenters. The Morgan fingerprint density at radius 3 is 2.26 bits per heavy atom. The number of benzene rings is 1. The molecule has 0 bridgehead atoms. The zero-order valence-electron chi connectivity index (χ0n) is 21.8. The van der Waals surface area contributed by atoms with Gasteiger partial charge in [0, 0.05) is 36.9 Å². The van der Waals surface area contributed by atoms with Crippen LogP contribution >= 0.6 is 11.6 Å². The van der Waals surface area contributed by atoms with Crippen molar-refractivity contribution >= 4 is 23.2 Å². The summed E-state index contributed by atoms with van der Waals surface area (Å²) in [6.45, 7) is 9.43. The molecule has 9 nitrogen and oxygen atoms in total. The number of pyridine rings is 2. The van der Waals surface area contributed by atoms with Gasteiger partial charge >= 0.3 is 5.69 Å². The molecule has 1 aliphatic heterocycles. The maximum atomic E-state index is 13.2. The Hall–Kier alpha value is -3.69. The summed E-state index contributed by atoms with van der Waals surface area (Å²) in [5.41, 5.74) is 3.23. The van der Waals surface area contributed by atoms with E-state index in [4.69, 9.17) is 16.6 Å². The lowest BCUT2D eigenvalue weighted by Gasteiger charge is -2.36. The fourth-order valence-electron chi connectivity index (χ4n) is 4.99. The quantitative estimate of drug-likeness (QED) is 0.382. The Labute approximate surface area is 227 Å². The van der Waals surface area contributed by atoms with E-state index in [1.54, 1.807) is 30.5 Å². The Morgan fingerprint density at radius 1 is 0.974 bits per heavy atom. The zero-order chi connectivity index (χ0) is 26.8. The van der Waals surface area contributed by atoms with Crippen LogP contribution in [0.5, 0.6) is 0 Å². The van der Waals surface area contributed by atoms with Crippen molar-refractivity contribution in [1.82, 2.24) is 24.3 Å². The Balaban J connectivity index is 1.28. The molecule has 1 fully saturated rings. The number of halogens is 1. The van der Waals surface area contributed by atoms with E-state index in [0.717, 1.165) is 43.5 Å². The van der Waals surface area contributed by atoms with Crippen molar-refractivity contribution in [3.63, 3.8) is 0 Å². The second-order valence-electron chi connectivity index (χ2n) is 9.69. The molecule has 0 saturated carbocycles. The van der Waals surface area contributed by atoms with Gasteiger partial charge in [-0.15, -0.1) is 0 Å². The Morgan fingerprint density at radius 2 is 1.66 bits per heavy atom. The highest BCUT2D eigenvalue weighted by Crippen LogP contribution is 2.28. The highest BCUT2D eigenvalue weighted by molar-refractivity contribution is 6.30. The molecule has 3 aromatic heterocycles. The minimum absolute atomic E-state index is 0.325. The molecule has 0 aliphatic carbocycles. The van der Waals surface area contributed by atoms with E-state index in [1.807, 2.05) is 26.0 Å². The highest BCUT2D eigenvalue weighted by Gasteiger charge is 2.25. The summed E-state index contributed by atoms with van der Waals surface area (Å²) >= 11 is 5.98. The fraction of sp³-hybridized carbons (Fsp3) is 0.357. The van der Waals surface area contributed by atoms with Crippen molar-refractivity contribution in [2.45, 2.75) is 39.3 Å². The van der Waals surface area contributed by atoms with Crippen LogP contribution in [0.25, 0.3) is 5.69 Å². The molecule has 198 valence electrons. The number of hydrogen-bond acceptors (Lipinski definition) is 7. The van der Waals surface area contributed by atoms with Crippen LogP contribution in [0.3, 0.4) is 0 Å². The number of aromatic nitrogens is 5. The molecule has 1 saturated heterocycles. The van der Waals surface area contributed by atoms with Crippen LogP contribution in [-0.2, 0) is 0 Å². The normalized spacial score (nSPS) is 15.5. The molecular formula is C28H32ClN7O2. The molecule has 0 radical (unpaired) electrons. The van der Waals surface area contributed by atoms with Gasteiger partial charge in [0.1, 0.15) is 24.1 Å². The fourth-order valence-corrected chi connectivity index (χ4v) is 5.11. The van der Waals surface area contributed by atoms with Crippen LogP contribution in [0.15, 0.2) is 65.8 Å². The second-order valence-corrected chi connectivity index (χ2v) is 10.1. The molecule has 1 aromatic carbocycles. The van der Waals surface area contributed by atoms with Gasteiger partial charge < -0.3 is 14.9 Å². The van der Waals surface area contributed by atoms with E-state index < -0.39 is 12.1 Å². The lowest BCUT2D eigenvalue weighted by Crippen LogP contribution is -2.47. The highest BCUT2D eigenvalue weighted by atomic mass is 35.5. The molecule has 1 aliphatic rings. The zero-order valence-corrected chi connectivity index (χ0v) is 22.6. The Bertz CT molecular complexity index is 1420. The van der Waals surface area contributed by atoms with Gasteiger partial charge in [-0.25, -0.2) is 24.0 Å². The number of hydrogen-bond donors (Lipinski definition) is 1. The minimum Gasteiger partial charge on any atom is -0.386 e. The summed E-state index contributed by atoms with van der Waals surface area (Å²) in [7, 11) is 0. The third kappa shape index (κ3) is 5.30. The molecule has 10 heteroatoms. The number of aliphatic hydroxyl groups excluding tert-OH is 1. The van der Waals surface area contributed by atoms with Crippen molar-refractivity contribution in [2.75, 3.05) is 36.0 Å². The second kappa shape index (κ2) is 11.0. The molecule has 0 unspecified atom stereocenters. The molecule has 4 aromatic rings. The van der Waals surface area contributed by atoms with Gasteiger partial charge in [0.05, 0.1) is 17.9 Å². The molecule has 5 rings (SSSR count). The lowest BCUT2D eigenvalue weighted by molar-refractivity contribution is 0.101. The first-order chi connectivity index (χ1) is 18.3. The van der Waals surface area contributed by atoms with Crippen molar-refractivity contribution < 1.29 is 5.11 Å². The Kier molecular flexibility index (Phi) is 7.49. The summed E-state index contributed by atoms with van der Waals surface area (Å²) in [6, 6.07) is 14.5. The predicted molar refractivity (Wildman–Crippen MR) is 149 cm³/mol. The van der Waals surface area contributed by atoms with Crippen LogP contribution in [-0.4, -0.2) is 55.6 Å². The maximum Gasteiger partial charge on any atom is 0.350 e. The van der Waals surface area contributed by atoms with E-state index in [9.17, 15) is 9.90 Å². The smallest absolute Gasteiger partial charge is 0.350 e. The van der Waals surface area contributed by atoms with E-state index in [-0.39, 0.29) is 5.69 Å². The first-order valence-electron chi connectivity index (χ1n) is 12.9. The average molecular weight is 534 g/mol. The van der Waals surface area contributed by atoms with E-state index >= 15 is 0 Å². The van der Waals surface area contributed by atoms with E-state index in [0.29, 0.717) is 22.7 Å². The van der Waals surface area contributed by atoms with Gasteiger partial charge in [-0.1, -0.05) is 30.7 Å². The van der Waals surface area contributed by atoms with Crippen molar-refractivity contribution in [3.05, 3.63) is 93.4 Å². The first kappa shape index (κ1) is 25.9. The summed E-state index contributed by atoms with van der Waals surface area (Å²) in [5, 5.41) is 15.9. The van der Waals surface area contributed by atoms with Crippen LogP contribution in [0.2, 0.25) is 5.02 Å². The summed E-state index contributed by atoms with van der Waals surface area (Å²) in [4.78, 5) is 27.1. The number of anilines is 2. The van der Waals surface area contributed by atoms with Crippen LogP contribution < -0.4 is 15.5 Å². The number of nitrogens with zero attached hydrogens (tertiary/aromatic N) is 7. The van der Waals surface area contributed by atoms with Gasteiger partial charge in [0.2, 0.25) is 0 Å². The first-order valence-corrected chi connectivity index (χ1v) is 13.2. The average Bonchev–Trinajstić information content (AvgIpc) is 3.30. The van der Waals surface area contributed by atoms with Gasteiger partial charge in [0.15, 0.2) is 0 Å². The number of piperazine rings is 1. The van der Waals surface area contributed by atoms with Crippen molar-refractivity contribution in [3.8, 4) is 5.69 Å². The summed E-state index contributed by atoms with van der Waals surface area (Å²) in [6.07, 6.45) is 2.81. The molecular weight excluding hydrogens is 502 g/mol. The molecule has 0 spiro atoms. The molecule has 1 N–H and O–H groups in total. The maximum absolute atomic E-state index is 13.2. The van der Waals surface area contributed by atoms with Crippen LogP contribution in [0, 0.1) is 13.8 Å². The van der Waals surface area contributed by atoms with Gasteiger partial charge in [-0.3, -0.25) is 0 Å².